The van der Waals surface area contributed by atoms with E-state index < -0.39 is 28.5 Å². The quantitative estimate of drug-likeness (QED) is 0.250. The van der Waals surface area contributed by atoms with Gasteiger partial charge in [-0.25, -0.2) is 8.42 Å². The summed E-state index contributed by atoms with van der Waals surface area (Å²) in [6.07, 6.45) is 2.10. The van der Waals surface area contributed by atoms with Crippen LogP contribution >= 0.6 is 0 Å². The minimum atomic E-state index is -4.24. The van der Waals surface area contributed by atoms with E-state index in [9.17, 15) is 18.0 Å². The van der Waals surface area contributed by atoms with Crippen molar-refractivity contribution in [2.45, 2.75) is 57.5 Å². The van der Waals surface area contributed by atoms with Crippen LogP contribution < -0.4 is 19.1 Å². The Morgan fingerprint density at radius 1 is 0.905 bits per heavy atom. The van der Waals surface area contributed by atoms with Crippen LogP contribution in [-0.4, -0.2) is 58.5 Å². The fraction of sp³-hybridized carbons (Fsp3) is 0.375. The van der Waals surface area contributed by atoms with Crippen molar-refractivity contribution in [1.82, 2.24) is 10.2 Å². The molecule has 0 aliphatic rings. The number of para-hydroxylation sites is 1. The van der Waals surface area contributed by atoms with Crippen LogP contribution in [0.15, 0.2) is 77.7 Å². The Kier molecular flexibility index (Phi) is 11.8. The highest BCUT2D eigenvalue weighted by molar-refractivity contribution is 7.92. The van der Waals surface area contributed by atoms with Crippen molar-refractivity contribution in [1.29, 1.82) is 0 Å². The molecule has 1 atom stereocenters. The van der Waals surface area contributed by atoms with Crippen LogP contribution in [0.3, 0.4) is 0 Å². The second-order valence-corrected chi connectivity index (χ2v) is 11.8. The molecule has 1 unspecified atom stereocenters. The predicted molar refractivity (Wildman–Crippen MR) is 164 cm³/mol. The number of hydrogen-bond acceptors (Lipinski definition) is 6. The van der Waals surface area contributed by atoms with Gasteiger partial charge in [-0.15, -0.1) is 0 Å². The molecule has 226 valence electrons. The first kappa shape index (κ1) is 32.5. The van der Waals surface area contributed by atoms with Gasteiger partial charge in [-0.3, -0.25) is 13.9 Å². The molecular formula is C32H41N3O6S. The zero-order valence-corrected chi connectivity index (χ0v) is 25.8. The Balaban J connectivity index is 2.04. The van der Waals surface area contributed by atoms with E-state index in [1.54, 1.807) is 30.3 Å². The molecule has 0 bridgehead atoms. The van der Waals surface area contributed by atoms with Gasteiger partial charge in [0.05, 0.1) is 24.8 Å². The highest BCUT2D eigenvalue weighted by Crippen LogP contribution is 2.32. The molecule has 0 aromatic heterocycles. The van der Waals surface area contributed by atoms with E-state index in [1.807, 2.05) is 45.0 Å². The molecule has 10 heteroatoms. The minimum Gasteiger partial charge on any atom is -0.493 e. The molecule has 0 saturated heterocycles. The standard InChI is InChI=1S/C32H41N3O6S/c1-6-8-20-33-32(37)28(7-2)34(22-25-16-14-24(3)15-17-25)31(36)23-35(26-12-10-9-11-13-26)42(38,39)27-18-19-29(40-4)30(21-27)41-5/h9-19,21,28H,6-8,20,22-23H2,1-5H3,(H,33,37). The highest BCUT2D eigenvalue weighted by Gasteiger charge is 2.34. The number of anilines is 1. The van der Waals surface area contributed by atoms with Crippen LogP contribution in [0.5, 0.6) is 11.5 Å². The van der Waals surface area contributed by atoms with Crippen LogP contribution in [0.2, 0.25) is 0 Å². The zero-order chi connectivity index (χ0) is 30.7. The van der Waals surface area contributed by atoms with Gasteiger partial charge in [-0.1, -0.05) is 68.3 Å². The molecular weight excluding hydrogens is 554 g/mol. The molecule has 0 heterocycles. The van der Waals surface area contributed by atoms with E-state index in [4.69, 9.17) is 9.47 Å². The summed E-state index contributed by atoms with van der Waals surface area (Å²) in [6.45, 7) is 5.99. The Morgan fingerprint density at radius 2 is 1.57 bits per heavy atom. The SMILES string of the molecule is CCCCNC(=O)C(CC)N(Cc1ccc(C)cc1)C(=O)CN(c1ccccc1)S(=O)(=O)c1ccc(OC)c(OC)c1. The summed E-state index contributed by atoms with van der Waals surface area (Å²) in [5.41, 5.74) is 2.22. The summed E-state index contributed by atoms with van der Waals surface area (Å²) in [5.74, 6) is -0.141. The van der Waals surface area contributed by atoms with E-state index >= 15 is 0 Å². The topological polar surface area (TPSA) is 105 Å². The Morgan fingerprint density at radius 3 is 2.17 bits per heavy atom. The number of unbranched alkanes of at least 4 members (excludes halogenated alkanes) is 1. The number of nitrogens with one attached hydrogen (secondary N) is 1. The molecule has 0 fully saturated rings. The van der Waals surface area contributed by atoms with Gasteiger partial charge < -0.3 is 19.7 Å². The first-order valence-corrected chi connectivity index (χ1v) is 15.5. The van der Waals surface area contributed by atoms with E-state index in [0.717, 1.165) is 28.3 Å². The van der Waals surface area contributed by atoms with Crippen molar-refractivity contribution in [3.63, 3.8) is 0 Å². The zero-order valence-electron chi connectivity index (χ0n) is 25.0. The van der Waals surface area contributed by atoms with E-state index in [2.05, 4.69) is 5.32 Å². The van der Waals surface area contributed by atoms with Crippen molar-refractivity contribution in [2.75, 3.05) is 31.6 Å². The van der Waals surface area contributed by atoms with Crippen LogP contribution in [0.1, 0.15) is 44.2 Å². The van der Waals surface area contributed by atoms with Crippen molar-refractivity contribution >= 4 is 27.5 Å². The largest absolute Gasteiger partial charge is 0.493 e. The average molecular weight is 596 g/mol. The second-order valence-electron chi connectivity index (χ2n) is 9.94. The maximum Gasteiger partial charge on any atom is 0.264 e. The predicted octanol–water partition coefficient (Wildman–Crippen LogP) is 4.93. The number of rotatable bonds is 15. The van der Waals surface area contributed by atoms with Gasteiger partial charge in [0.2, 0.25) is 11.8 Å². The lowest BCUT2D eigenvalue weighted by atomic mass is 10.1. The highest BCUT2D eigenvalue weighted by atomic mass is 32.2. The monoisotopic (exact) mass is 595 g/mol. The van der Waals surface area contributed by atoms with E-state index in [-0.39, 0.29) is 23.1 Å². The smallest absolute Gasteiger partial charge is 0.264 e. The molecule has 0 aliphatic heterocycles. The fourth-order valence-electron chi connectivity index (χ4n) is 4.54. The number of benzene rings is 3. The first-order chi connectivity index (χ1) is 20.2. The van der Waals surface area contributed by atoms with Gasteiger partial charge in [0.15, 0.2) is 11.5 Å². The molecule has 0 saturated carbocycles. The number of carbonyl (C=O) groups is 2. The summed E-state index contributed by atoms with van der Waals surface area (Å²) in [5, 5.41) is 2.94. The summed E-state index contributed by atoms with van der Waals surface area (Å²) in [4.78, 5) is 28.8. The van der Waals surface area contributed by atoms with Crippen molar-refractivity contribution in [2.24, 2.45) is 0 Å². The van der Waals surface area contributed by atoms with E-state index in [0.29, 0.717) is 24.4 Å². The molecule has 3 aromatic rings. The van der Waals surface area contributed by atoms with Crippen LogP contribution in [-0.2, 0) is 26.2 Å². The molecule has 0 radical (unpaired) electrons. The van der Waals surface area contributed by atoms with Gasteiger partial charge >= 0.3 is 0 Å². The number of ether oxygens (including phenoxy) is 2. The van der Waals surface area contributed by atoms with Gasteiger partial charge in [-0.05, 0) is 49.6 Å². The summed E-state index contributed by atoms with van der Waals surface area (Å²) in [6, 6.07) is 19.7. The fourth-order valence-corrected chi connectivity index (χ4v) is 5.97. The molecule has 0 aliphatic carbocycles. The number of aryl methyl sites for hydroxylation is 1. The Bertz CT molecular complexity index is 1430. The molecule has 9 nitrogen and oxygen atoms in total. The lowest BCUT2D eigenvalue weighted by Crippen LogP contribution is -2.52. The molecule has 2 amide bonds. The first-order valence-electron chi connectivity index (χ1n) is 14.1. The minimum absolute atomic E-state index is 0.0637. The number of carbonyl (C=O) groups excluding carboxylic acids is 2. The number of nitrogens with zero attached hydrogens (tertiary/aromatic N) is 2. The summed E-state index contributed by atoms with van der Waals surface area (Å²) >= 11 is 0. The van der Waals surface area contributed by atoms with Gasteiger partial charge in [0.1, 0.15) is 12.6 Å². The number of hydrogen-bond donors (Lipinski definition) is 1. The number of amides is 2. The number of methoxy groups -OCH3 is 2. The summed E-state index contributed by atoms with van der Waals surface area (Å²) < 4.78 is 39.8. The molecule has 1 N–H and O–H groups in total. The molecule has 0 spiro atoms. The Labute approximate surface area is 249 Å². The van der Waals surface area contributed by atoms with Crippen LogP contribution in [0.4, 0.5) is 5.69 Å². The molecule has 3 aromatic carbocycles. The lowest BCUT2D eigenvalue weighted by molar-refractivity contribution is -0.140. The van der Waals surface area contributed by atoms with Crippen LogP contribution in [0, 0.1) is 6.92 Å². The van der Waals surface area contributed by atoms with Gasteiger partial charge in [-0.2, -0.15) is 0 Å². The van der Waals surface area contributed by atoms with Gasteiger partial charge in [0.25, 0.3) is 10.0 Å². The average Bonchev–Trinajstić information content (AvgIpc) is 3.00. The van der Waals surface area contributed by atoms with Gasteiger partial charge in [0, 0.05) is 19.2 Å². The third-order valence-electron chi connectivity index (χ3n) is 6.96. The van der Waals surface area contributed by atoms with E-state index in [1.165, 1.54) is 37.3 Å². The molecule has 42 heavy (non-hydrogen) atoms. The van der Waals surface area contributed by atoms with Crippen molar-refractivity contribution in [3.8, 4) is 11.5 Å². The van der Waals surface area contributed by atoms with Crippen molar-refractivity contribution < 1.29 is 27.5 Å². The lowest BCUT2D eigenvalue weighted by Gasteiger charge is -2.33. The third kappa shape index (κ3) is 8.03. The second kappa shape index (κ2) is 15.3. The number of sulfonamides is 1. The molecule has 3 rings (SSSR count). The van der Waals surface area contributed by atoms with Crippen molar-refractivity contribution in [3.05, 3.63) is 83.9 Å². The van der Waals surface area contributed by atoms with Crippen LogP contribution in [0.25, 0.3) is 0 Å². The maximum atomic E-state index is 14.1. The summed E-state index contributed by atoms with van der Waals surface area (Å²) in [7, 11) is -1.35. The Hall–Kier alpha value is -4.05. The third-order valence-corrected chi connectivity index (χ3v) is 8.72. The normalized spacial score (nSPS) is 11.8. The maximum absolute atomic E-state index is 14.1.